The topological polar surface area (TPSA) is 38.9 Å². The van der Waals surface area contributed by atoms with E-state index < -0.39 is 0 Å². The summed E-state index contributed by atoms with van der Waals surface area (Å²) in [6.07, 6.45) is 11.2. The van der Waals surface area contributed by atoms with Crippen LogP contribution in [-0.2, 0) is 0 Å². The molecule has 0 spiro atoms. The number of allylic oxidation sites excluding steroid dienone is 3. The van der Waals surface area contributed by atoms with E-state index in [-0.39, 0.29) is 0 Å². The van der Waals surface area contributed by atoms with Crippen molar-refractivity contribution >= 4 is 6.08 Å². The molecule has 0 saturated carbocycles. The van der Waals surface area contributed by atoms with Crippen LogP contribution >= 0.6 is 0 Å². The third-order valence-electron chi connectivity index (χ3n) is 6.36. The van der Waals surface area contributed by atoms with Crippen LogP contribution in [0.3, 0.4) is 0 Å². The average Bonchev–Trinajstić information content (AvgIpc) is 3.27. The third-order valence-corrected chi connectivity index (χ3v) is 6.36. The van der Waals surface area contributed by atoms with Crippen LogP contribution in [0.15, 0.2) is 69.8 Å². The maximum absolute atomic E-state index is 5.50. The Balaban J connectivity index is 1.56. The van der Waals surface area contributed by atoms with Crippen LogP contribution in [0.25, 0.3) is 28.9 Å². The lowest BCUT2D eigenvalue weighted by molar-refractivity contribution is 0.381. The van der Waals surface area contributed by atoms with Crippen LogP contribution in [0.4, 0.5) is 0 Å². The largest absolute Gasteiger partial charge is 0.334 e. The minimum absolute atomic E-state index is 0.302. The summed E-state index contributed by atoms with van der Waals surface area (Å²) in [6.45, 7) is 9.27. The SMILES string of the molecule is C#Cc1ccc(-c2noc(-c3ccc(/C=C4\CCC(C)(C)C(CC)=C4C)cc3)n2)cc1. The second kappa shape index (κ2) is 8.40. The number of terminal acetylenes is 1. The van der Waals surface area contributed by atoms with Gasteiger partial charge in [0.2, 0.25) is 5.82 Å². The van der Waals surface area contributed by atoms with Gasteiger partial charge in [0.05, 0.1) is 0 Å². The molecule has 2 aromatic carbocycles. The minimum atomic E-state index is 0.302. The van der Waals surface area contributed by atoms with Gasteiger partial charge in [-0.1, -0.05) is 55.6 Å². The molecule has 0 unspecified atom stereocenters. The van der Waals surface area contributed by atoms with Gasteiger partial charge in [0, 0.05) is 16.7 Å². The summed E-state index contributed by atoms with van der Waals surface area (Å²) < 4.78 is 5.50. The standard InChI is InChI=1S/C28H28N2O/c1-6-20-8-12-22(13-9-20)26-29-27(31-30-26)23-14-10-21(11-15-23)18-24-16-17-28(4,5)25(7-2)19(24)3/h1,8-15,18H,7,16-17H2,2-5H3/b24-18+. The van der Waals surface area contributed by atoms with Crippen molar-refractivity contribution in [2.45, 2.75) is 47.0 Å². The second-order valence-electron chi connectivity index (χ2n) is 8.78. The van der Waals surface area contributed by atoms with E-state index in [9.17, 15) is 0 Å². The summed E-state index contributed by atoms with van der Waals surface area (Å²) in [7, 11) is 0. The fourth-order valence-electron chi connectivity index (χ4n) is 4.51. The lowest BCUT2D eigenvalue weighted by atomic mass is 9.70. The van der Waals surface area contributed by atoms with Gasteiger partial charge in [-0.25, -0.2) is 0 Å². The number of hydrogen-bond donors (Lipinski definition) is 0. The summed E-state index contributed by atoms with van der Waals surface area (Å²) >= 11 is 0. The van der Waals surface area contributed by atoms with E-state index in [2.05, 4.69) is 62.0 Å². The minimum Gasteiger partial charge on any atom is -0.334 e. The molecule has 4 rings (SSSR count). The lowest BCUT2D eigenvalue weighted by Crippen LogP contribution is -2.21. The van der Waals surface area contributed by atoms with Gasteiger partial charge in [0.25, 0.3) is 5.89 Å². The zero-order valence-electron chi connectivity index (χ0n) is 18.7. The number of nitrogens with zero attached hydrogens (tertiary/aromatic N) is 2. The third kappa shape index (κ3) is 4.25. The van der Waals surface area contributed by atoms with Crippen LogP contribution in [0.2, 0.25) is 0 Å². The predicted octanol–water partition coefficient (Wildman–Crippen LogP) is 7.31. The van der Waals surface area contributed by atoms with Gasteiger partial charge in [-0.3, -0.25) is 0 Å². The average molecular weight is 409 g/mol. The molecule has 0 aliphatic heterocycles. The van der Waals surface area contributed by atoms with Crippen LogP contribution in [0, 0.1) is 17.8 Å². The van der Waals surface area contributed by atoms with Crippen molar-refractivity contribution in [1.82, 2.24) is 10.1 Å². The maximum Gasteiger partial charge on any atom is 0.258 e. The van der Waals surface area contributed by atoms with Crippen molar-refractivity contribution in [3.05, 3.63) is 76.4 Å². The van der Waals surface area contributed by atoms with E-state index in [1.165, 1.54) is 23.1 Å². The quantitative estimate of drug-likeness (QED) is 0.425. The van der Waals surface area contributed by atoms with Crippen LogP contribution in [0.5, 0.6) is 0 Å². The molecule has 1 aliphatic carbocycles. The Bertz CT molecular complexity index is 1180. The molecule has 3 nitrogen and oxygen atoms in total. The molecule has 0 radical (unpaired) electrons. The Kier molecular flexibility index (Phi) is 5.65. The number of rotatable bonds is 4. The van der Waals surface area contributed by atoms with E-state index in [0.29, 0.717) is 17.1 Å². The lowest BCUT2D eigenvalue weighted by Gasteiger charge is -2.35. The molecule has 31 heavy (non-hydrogen) atoms. The first kappa shape index (κ1) is 20.9. The molecule has 0 N–H and O–H groups in total. The molecule has 1 aliphatic rings. The Morgan fingerprint density at radius 1 is 1.06 bits per heavy atom. The highest BCUT2D eigenvalue weighted by Gasteiger charge is 2.29. The Hall–Kier alpha value is -3.38. The van der Waals surface area contributed by atoms with Gasteiger partial charge in [-0.2, -0.15) is 4.98 Å². The van der Waals surface area contributed by atoms with E-state index in [0.717, 1.165) is 29.5 Å². The van der Waals surface area contributed by atoms with Crippen LogP contribution in [0.1, 0.15) is 58.1 Å². The first-order valence-corrected chi connectivity index (χ1v) is 10.8. The van der Waals surface area contributed by atoms with Crippen molar-refractivity contribution in [1.29, 1.82) is 0 Å². The van der Waals surface area contributed by atoms with Crippen molar-refractivity contribution < 1.29 is 4.52 Å². The van der Waals surface area contributed by atoms with Crippen molar-refractivity contribution in [3.63, 3.8) is 0 Å². The van der Waals surface area contributed by atoms with Crippen molar-refractivity contribution in [3.8, 4) is 35.2 Å². The Morgan fingerprint density at radius 3 is 2.39 bits per heavy atom. The van der Waals surface area contributed by atoms with Gasteiger partial charge in [0.1, 0.15) is 0 Å². The van der Waals surface area contributed by atoms with E-state index in [4.69, 9.17) is 10.9 Å². The van der Waals surface area contributed by atoms with Crippen LogP contribution in [-0.4, -0.2) is 10.1 Å². The Labute approximate surface area is 184 Å². The number of aromatic nitrogens is 2. The maximum atomic E-state index is 5.50. The van der Waals surface area contributed by atoms with Gasteiger partial charge in [-0.05, 0) is 84.7 Å². The summed E-state index contributed by atoms with van der Waals surface area (Å²) in [4.78, 5) is 4.55. The van der Waals surface area contributed by atoms with Gasteiger partial charge >= 0.3 is 0 Å². The van der Waals surface area contributed by atoms with E-state index in [1.807, 2.05) is 36.4 Å². The van der Waals surface area contributed by atoms with Crippen molar-refractivity contribution in [2.75, 3.05) is 0 Å². The zero-order valence-corrected chi connectivity index (χ0v) is 18.7. The highest BCUT2D eigenvalue weighted by Crippen LogP contribution is 2.44. The molecule has 156 valence electrons. The number of hydrogen-bond acceptors (Lipinski definition) is 3. The summed E-state index contributed by atoms with van der Waals surface area (Å²) in [5.41, 5.74) is 8.59. The summed E-state index contributed by atoms with van der Waals surface area (Å²) in [5, 5.41) is 4.12. The summed E-state index contributed by atoms with van der Waals surface area (Å²) in [5.74, 6) is 3.68. The van der Waals surface area contributed by atoms with E-state index in [1.54, 1.807) is 5.57 Å². The van der Waals surface area contributed by atoms with Gasteiger partial charge in [-0.15, -0.1) is 6.42 Å². The first-order valence-electron chi connectivity index (χ1n) is 10.8. The summed E-state index contributed by atoms with van der Waals surface area (Å²) in [6, 6.07) is 15.9. The highest BCUT2D eigenvalue weighted by atomic mass is 16.5. The molecule has 1 aromatic heterocycles. The normalized spacial score (nSPS) is 17.1. The fraction of sp³-hybridized carbons (Fsp3) is 0.286. The molecule has 0 atom stereocenters. The molecular weight excluding hydrogens is 380 g/mol. The molecule has 0 amide bonds. The van der Waals surface area contributed by atoms with Gasteiger partial charge < -0.3 is 4.52 Å². The predicted molar refractivity (Wildman–Crippen MR) is 127 cm³/mol. The fourth-order valence-corrected chi connectivity index (χ4v) is 4.51. The smallest absolute Gasteiger partial charge is 0.258 e. The molecule has 1 heterocycles. The van der Waals surface area contributed by atoms with E-state index >= 15 is 0 Å². The number of benzene rings is 2. The van der Waals surface area contributed by atoms with Crippen molar-refractivity contribution in [2.24, 2.45) is 5.41 Å². The monoisotopic (exact) mass is 408 g/mol. The second-order valence-corrected chi connectivity index (χ2v) is 8.78. The molecular formula is C28H28N2O. The first-order chi connectivity index (χ1) is 14.9. The van der Waals surface area contributed by atoms with Crippen LogP contribution < -0.4 is 0 Å². The molecule has 0 saturated heterocycles. The molecule has 3 aromatic rings. The van der Waals surface area contributed by atoms with Gasteiger partial charge in [0.15, 0.2) is 0 Å². The molecule has 3 heteroatoms. The molecule has 0 fully saturated rings. The molecule has 0 bridgehead atoms. The zero-order chi connectivity index (χ0) is 22.0. The highest BCUT2D eigenvalue weighted by molar-refractivity contribution is 5.65. The Morgan fingerprint density at radius 2 is 1.74 bits per heavy atom.